The third kappa shape index (κ3) is 7.37. The van der Waals surface area contributed by atoms with Crippen molar-refractivity contribution in [1.29, 1.82) is 0 Å². The number of para-hydroxylation sites is 1. The number of ether oxygens (including phenoxy) is 2. The molecule has 2 aromatic carbocycles. The van der Waals surface area contributed by atoms with Crippen LogP contribution >= 0.6 is 35.6 Å². The van der Waals surface area contributed by atoms with Crippen molar-refractivity contribution in [1.82, 2.24) is 10.6 Å². The third-order valence-electron chi connectivity index (χ3n) is 3.55. The summed E-state index contributed by atoms with van der Waals surface area (Å²) in [5, 5.41) is 6.79. The predicted molar refractivity (Wildman–Crippen MR) is 114 cm³/mol. The zero-order chi connectivity index (χ0) is 18.9. The second-order valence-corrected chi connectivity index (χ2v) is 5.66. The van der Waals surface area contributed by atoms with Gasteiger partial charge in [0.15, 0.2) is 5.96 Å². The number of hydrogen-bond donors (Lipinski definition) is 2. The monoisotopic (exact) mass is 511 g/mol. The van der Waals surface area contributed by atoms with Crippen molar-refractivity contribution < 1.29 is 18.3 Å². The highest BCUT2D eigenvalue weighted by atomic mass is 127. The third-order valence-corrected chi connectivity index (χ3v) is 3.79. The molecule has 0 radical (unpaired) electrons. The van der Waals surface area contributed by atoms with E-state index in [0.717, 1.165) is 5.56 Å². The number of methoxy groups -OCH3 is 1. The maximum Gasteiger partial charge on any atom is 0.387 e. The lowest BCUT2D eigenvalue weighted by molar-refractivity contribution is -0.0504. The van der Waals surface area contributed by atoms with Crippen molar-refractivity contribution in [2.75, 3.05) is 14.2 Å². The molecule has 0 heterocycles. The Hall–Kier alpha value is -1.81. The molecular formula is C18H21ClF2IN3O2. The van der Waals surface area contributed by atoms with E-state index in [2.05, 4.69) is 20.4 Å². The fraction of sp³-hybridized carbons (Fsp3) is 0.278. The lowest BCUT2D eigenvalue weighted by Gasteiger charge is -2.15. The fourth-order valence-electron chi connectivity index (χ4n) is 2.30. The Morgan fingerprint density at radius 2 is 1.70 bits per heavy atom. The SMILES string of the molecule is CN=C(NCc1ccc(Cl)cc1OC)NCc1ccccc1OC(F)F.I. The van der Waals surface area contributed by atoms with Gasteiger partial charge < -0.3 is 20.1 Å². The molecule has 0 bridgehead atoms. The zero-order valence-corrected chi connectivity index (χ0v) is 17.9. The molecule has 0 saturated heterocycles. The first kappa shape index (κ1) is 23.2. The molecule has 2 aromatic rings. The number of hydrogen-bond acceptors (Lipinski definition) is 3. The van der Waals surface area contributed by atoms with Gasteiger partial charge in [-0.25, -0.2) is 0 Å². The first-order valence-electron chi connectivity index (χ1n) is 7.83. The van der Waals surface area contributed by atoms with E-state index in [-0.39, 0.29) is 36.3 Å². The zero-order valence-electron chi connectivity index (χ0n) is 14.8. The number of nitrogens with one attached hydrogen (secondary N) is 2. The van der Waals surface area contributed by atoms with Crippen molar-refractivity contribution >= 4 is 41.5 Å². The summed E-state index contributed by atoms with van der Waals surface area (Å²) in [6.45, 7) is -2.14. The van der Waals surface area contributed by atoms with Crippen LogP contribution in [-0.2, 0) is 13.1 Å². The molecule has 0 aromatic heterocycles. The maximum absolute atomic E-state index is 12.5. The van der Waals surface area contributed by atoms with Gasteiger partial charge in [-0.15, -0.1) is 24.0 Å². The van der Waals surface area contributed by atoms with Crippen molar-refractivity contribution in [3.63, 3.8) is 0 Å². The number of alkyl halides is 2. The Balaban J connectivity index is 0.00000364. The summed E-state index contributed by atoms with van der Waals surface area (Å²) < 4.78 is 34.8. The van der Waals surface area contributed by atoms with Gasteiger partial charge in [0.25, 0.3) is 0 Å². The van der Waals surface area contributed by atoms with Crippen molar-refractivity contribution in [2.45, 2.75) is 19.7 Å². The normalized spacial score (nSPS) is 11.0. The lowest BCUT2D eigenvalue weighted by Crippen LogP contribution is -2.36. The topological polar surface area (TPSA) is 54.9 Å². The lowest BCUT2D eigenvalue weighted by atomic mass is 10.2. The number of rotatable bonds is 7. The van der Waals surface area contributed by atoms with Crippen LogP contribution in [0.1, 0.15) is 11.1 Å². The van der Waals surface area contributed by atoms with E-state index in [1.165, 1.54) is 6.07 Å². The second-order valence-electron chi connectivity index (χ2n) is 5.22. The molecule has 0 saturated carbocycles. The Morgan fingerprint density at radius 3 is 2.30 bits per heavy atom. The van der Waals surface area contributed by atoms with Gasteiger partial charge >= 0.3 is 6.61 Å². The molecule has 2 N–H and O–H groups in total. The summed E-state index contributed by atoms with van der Waals surface area (Å²) in [5.41, 5.74) is 1.50. The number of nitrogens with zero attached hydrogens (tertiary/aromatic N) is 1. The molecule has 0 spiro atoms. The molecule has 0 fully saturated rings. The largest absolute Gasteiger partial charge is 0.496 e. The Morgan fingerprint density at radius 1 is 1.07 bits per heavy atom. The van der Waals surface area contributed by atoms with E-state index >= 15 is 0 Å². The van der Waals surface area contributed by atoms with Gasteiger partial charge in [0.1, 0.15) is 11.5 Å². The number of halogens is 4. The van der Waals surface area contributed by atoms with Crippen LogP contribution in [0.25, 0.3) is 0 Å². The molecule has 148 valence electrons. The Kier molecular flexibility index (Phi) is 10.2. The first-order valence-corrected chi connectivity index (χ1v) is 8.21. The molecule has 9 heteroatoms. The Labute approximate surface area is 179 Å². The van der Waals surface area contributed by atoms with Crippen molar-refractivity contribution in [3.8, 4) is 11.5 Å². The number of benzene rings is 2. The predicted octanol–water partition coefficient (Wildman–Crippen LogP) is 4.43. The van der Waals surface area contributed by atoms with Crippen LogP contribution in [0.5, 0.6) is 11.5 Å². The van der Waals surface area contributed by atoms with Crippen LogP contribution in [0, 0.1) is 0 Å². The highest BCUT2D eigenvalue weighted by Gasteiger charge is 2.10. The van der Waals surface area contributed by atoms with Gasteiger partial charge in [-0.2, -0.15) is 8.78 Å². The van der Waals surface area contributed by atoms with E-state index in [1.807, 2.05) is 6.07 Å². The van der Waals surface area contributed by atoms with E-state index in [4.69, 9.17) is 16.3 Å². The maximum atomic E-state index is 12.5. The second kappa shape index (κ2) is 11.8. The van der Waals surface area contributed by atoms with E-state index in [0.29, 0.717) is 28.8 Å². The smallest absolute Gasteiger partial charge is 0.387 e. The van der Waals surface area contributed by atoms with Gasteiger partial charge in [-0.1, -0.05) is 35.9 Å². The van der Waals surface area contributed by atoms with Gasteiger partial charge in [-0.05, 0) is 18.2 Å². The average Bonchev–Trinajstić information content (AvgIpc) is 2.63. The highest BCUT2D eigenvalue weighted by molar-refractivity contribution is 14.0. The summed E-state index contributed by atoms with van der Waals surface area (Å²) in [5.74, 6) is 1.30. The molecule has 27 heavy (non-hydrogen) atoms. The molecule has 0 aliphatic rings. The first-order chi connectivity index (χ1) is 12.5. The van der Waals surface area contributed by atoms with Crippen molar-refractivity contribution in [2.24, 2.45) is 4.99 Å². The van der Waals surface area contributed by atoms with Crippen LogP contribution in [0.3, 0.4) is 0 Å². The average molecular weight is 512 g/mol. The molecule has 0 aliphatic heterocycles. The molecule has 5 nitrogen and oxygen atoms in total. The Bertz CT molecular complexity index is 763. The van der Waals surface area contributed by atoms with Gasteiger partial charge in [-0.3, -0.25) is 4.99 Å². The fourth-order valence-corrected chi connectivity index (χ4v) is 2.47. The van der Waals surface area contributed by atoms with Gasteiger partial charge in [0.05, 0.1) is 7.11 Å². The molecule has 0 amide bonds. The minimum Gasteiger partial charge on any atom is -0.496 e. The van der Waals surface area contributed by atoms with Crippen LogP contribution in [0.2, 0.25) is 5.02 Å². The molecule has 0 aliphatic carbocycles. The minimum absolute atomic E-state index is 0. The van der Waals surface area contributed by atoms with Crippen molar-refractivity contribution in [3.05, 3.63) is 58.6 Å². The summed E-state index contributed by atoms with van der Waals surface area (Å²) in [6.07, 6.45) is 0. The summed E-state index contributed by atoms with van der Waals surface area (Å²) in [6, 6.07) is 12.0. The minimum atomic E-state index is -2.87. The van der Waals surface area contributed by atoms with Crippen LogP contribution in [0.4, 0.5) is 8.78 Å². The summed E-state index contributed by atoms with van der Waals surface area (Å²) >= 11 is 5.95. The molecular weight excluding hydrogens is 491 g/mol. The summed E-state index contributed by atoms with van der Waals surface area (Å²) in [4.78, 5) is 4.12. The quantitative estimate of drug-likeness (QED) is 0.328. The van der Waals surface area contributed by atoms with E-state index in [1.54, 1.807) is 44.5 Å². The van der Waals surface area contributed by atoms with Crippen LogP contribution in [0.15, 0.2) is 47.5 Å². The van der Waals surface area contributed by atoms with E-state index < -0.39 is 6.61 Å². The molecule has 2 rings (SSSR count). The summed E-state index contributed by atoms with van der Waals surface area (Å²) in [7, 11) is 3.19. The number of aliphatic imine (C=N–C) groups is 1. The van der Waals surface area contributed by atoms with E-state index in [9.17, 15) is 8.78 Å². The molecule has 0 unspecified atom stereocenters. The van der Waals surface area contributed by atoms with Gasteiger partial charge in [0, 0.05) is 36.3 Å². The van der Waals surface area contributed by atoms with Crippen LogP contribution in [-0.4, -0.2) is 26.7 Å². The van der Waals surface area contributed by atoms with Gasteiger partial charge in [0.2, 0.25) is 0 Å². The standard InChI is InChI=1S/C18H20ClF2N3O2.HI/c1-22-18(24-11-13-7-8-14(19)9-16(13)25-2)23-10-12-5-3-4-6-15(12)26-17(20)21;/h3-9,17H,10-11H2,1-2H3,(H2,22,23,24);1H. The van der Waals surface area contributed by atoms with Crippen LogP contribution < -0.4 is 20.1 Å². The number of guanidine groups is 1. The highest BCUT2D eigenvalue weighted by Crippen LogP contribution is 2.23. The molecule has 0 atom stereocenters.